The number of likely N-dealkylation sites (tertiary alicyclic amines) is 1. The van der Waals surface area contributed by atoms with E-state index in [0.29, 0.717) is 18.7 Å². The van der Waals surface area contributed by atoms with E-state index in [1.807, 2.05) is 20.9 Å². The number of phenolic OH excluding ortho intramolecular Hbond substituents is 1. The molecule has 8 nitrogen and oxygen atoms in total. The highest BCUT2D eigenvalue weighted by atomic mass is 16.6. The second-order valence-corrected chi connectivity index (χ2v) is 8.58. The Morgan fingerprint density at radius 3 is 2.77 bits per heavy atom. The van der Waals surface area contributed by atoms with Gasteiger partial charge in [-0.3, -0.25) is 9.59 Å². The molecule has 0 unspecified atom stereocenters. The molecule has 1 aliphatic carbocycles. The molecule has 1 spiro atoms. The van der Waals surface area contributed by atoms with Gasteiger partial charge in [0.2, 0.25) is 0 Å². The maximum atomic E-state index is 12.3. The number of aryl methyl sites for hydroxylation is 1. The quantitative estimate of drug-likeness (QED) is 0.636. The van der Waals surface area contributed by atoms with Crippen LogP contribution in [-0.2, 0) is 19.7 Å². The molecule has 1 aromatic rings. The van der Waals surface area contributed by atoms with Crippen LogP contribution in [0.15, 0.2) is 24.0 Å². The molecule has 3 N–H and O–H groups in total. The van der Waals surface area contributed by atoms with Gasteiger partial charge in [0.1, 0.15) is 5.76 Å². The highest BCUT2D eigenvalue weighted by Gasteiger charge is 2.69. The molecule has 0 radical (unpaired) electrons. The van der Waals surface area contributed by atoms with E-state index >= 15 is 0 Å². The number of fused-ring (bicyclic) bond motifs is 1. The van der Waals surface area contributed by atoms with E-state index in [2.05, 4.69) is 4.90 Å². The van der Waals surface area contributed by atoms with Crippen LogP contribution in [0.2, 0.25) is 0 Å². The number of phenols is 1. The van der Waals surface area contributed by atoms with Crippen LogP contribution in [0.5, 0.6) is 11.5 Å². The molecule has 4 atom stereocenters. The number of piperidine rings is 1. The fourth-order valence-corrected chi connectivity index (χ4v) is 5.40. The number of likely N-dealkylation sites (N-methyl/N-ethyl adjacent to an activating group) is 1. The molecule has 2 heterocycles. The molecular formula is C22H27NO7. The third-order valence-electron chi connectivity index (χ3n) is 7.11. The molecule has 1 aromatic carbocycles. The summed E-state index contributed by atoms with van der Waals surface area (Å²) < 4.78 is 11.7. The highest BCUT2D eigenvalue weighted by molar-refractivity contribution is 5.77. The van der Waals surface area contributed by atoms with Crippen molar-refractivity contribution in [1.29, 1.82) is 0 Å². The van der Waals surface area contributed by atoms with Crippen molar-refractivity contribution >= 4 is 11.9 Å². The molecule has 0 saturated carbocycles. The van der Waals surface area contributed by atoms with Crippen LogP contribution >= 0.6 is 0 Å². The number of nitrogens with zero attached hydrogens (tertiary/aromatic N) is 1. The molecular weight excluding hydrogens is 390 g/mol. The van der Waals surface area contributed by atoms with Crippen LogP contribution in [0, 0.1) is 6.92 Å². The second kappa shape index (κ2) is 6.99. The molecule has 8 heteroatoms. The minimum atomic E-state index is -1.20. The maximum absolute atomic E-state index is 12.3. The summed E-state index contributed by atoms with van der Waals surface area (Å²) in [6.45, 7) is 4.57. The van der Waals surface area contributed by atoms with Crippen molar-refractivity contribution in [2.24, 2.45) is 0 Å². The third-order valence-corrected chi connectivity index (χ3v) is 7.11. The van der Waals surface area contributed by atoms with E-state index in [9.17, 15) is 19.8 Å². The summed E-state index contributed by atoms with van der Waals surface area (Å²) in [5.74, 6) is -1.19. The Hall–Kier alpha value is -2.58. The van der Waals surface area contributed by atoms with Gasteiger partial charge < -0.3 is 29.7 Å². The van der Waals surface area contributed by atoms with Crippen molar-refractivity contribution in [3.63, 3.8) is 0 Å². The van der Waals surface area contributed by atoms with Gasteiger partial charge in [-0.25, -0.2) is 0 Å². The number of hydrogen-bond donors (Lipinski definition) is 3. The summed E-state index contributed by atoms with van der Waals surface area (Å²) in [6.07, 6.45) is 1.09. The number of aliphatic carboxylic acids is 1. The third kappa shape index (κ3) is 2.74. The molecule has 1 saturated heterocycles. The number of carbonyl (C=O) groups excluding carboxylic acids is 1. The van der Waals surface area contributed by atoms with E-state index in [0.717, 1.165) is 11.1 Å². The Labute approximate surface area is 174 Å². The zero-order chi connectivity index (χ0) is 21.8. The van der Waals surface area contributed by atoms with Crippen LogP contribution in [0.25, 0.3) is 0 Å². The second-order valence-electron chi connectivity index (χ2n) is 8.58. The lowest BCUT2D eigenvalue weighted by Gasteiger charge is -2.58. The summed E-state index contributed by atoms with van der Waals surface area (Å²) in [4.78, 5) is 25.1. The number of aromatic hydroxyl groups is 1. The predicted octanol–water partition coefficient (Wildman–Crippen LogP) is 1.85. The average molecular weight is 417 g/mol. The highest BCUT2D eigenvalue weighted by Crippen LogP contribution is 2.62. The minimum Gasteiger partial charge on any atom is -0.504 e. The fourth-order valence-electron chi connectivity index (χ4n) is 5.40. The maximum Gasteiger partial charge on any atom is 0.311 e. The molecule has 30 heavy (non-hydrogen) atoms. The van der Waals surface area contributed by atoms with Gasteiger partial charge in [-0.05, 0) is 51.6 Å². The van der Waals surface area contributed by atoms with Gasteiger partial charge >= 0.3 is 11.9 Å². The van der Waals surface area contributed by atoms with Crippen molar-refractivity contribution in [3.8, 4) is 11.5 Å². The zero-order valence-corrected chi connectivity index (χ0v) is 17.3. The first-order chi connectivity index (χ1) is 14.1. The van der Waals surface area contributed by atoms with Crippen LogP contribution in [0.1, 0.15) is 43.7 Å². The van der Waals surface area contributed by atoms with Gasteiger partial charge in [-0.1, -0.05) is 6.07 Å². The molecule has 2 aliphatic heterocycles. The van der Waals surface area contributed by atoms with Crippen LogP contribution < -0.4 is 4.74 Å². The minimum absolute atomic E-state index is 0.0233. The summed E-state index contributed by atoms with van der Waals surface area (Å²) in [7, 11) is 1.96. The number of benzene rings is 1. The lowest BCUT2D eigenvalue weighted by Crippen LogP contribution is -2.71. The first-order valence-electron chi connectivity index (χ1n) is 10.2. The Kier molecular flexibility index (Phi) is 4.82. The van der Waals surface area contributed by atoms with E-state index < -0.39 is 29.1 Å². The monoisotopic (exact) mass is 417 g/mol. The van der Waals surface area contributed by atoms with Gasteiger partial charge in [0.15, 0.2) is 17.6 Å². The number of hydrogen-bond acceptors (Lipinski definition) is 7. The van der Waals surface area contributed by atoms with E-state index in [4.69, 9.17) is 14.6 Å². The summed E-state index contributed by atoms with van der Waals surface area (Å²) in [6, 6.07) is 3.15. The van der Waals surface area contributed by atoms with Crippen molar-refractivity contribution in [3.05, 3.63) is 35.1 Å². The Morgan fingerprint density at radius 1 is 1.33 bits per heavy atom. The number of rotatable bonds is 4. The topological polar surface area (TPSA) is 117 Å². The van der Waals surface area contributed by atoms with Crippen molar-refractivity contribution in [1.82, 2.24) is 4.90 Å². The SMILES string of the molecule is Cc1ccc(O)c2c1[C@]13CCN(C)[C@H](C)[C@]1(O)CC=C(OC(=O)CCC(=O)O)[C@@H]3O2. The number of carboxylic acids is 1. The lowest BCUT2D eigenvalue weighted by atomic mass is 9.54. The first-order valence-corrected chi connectivity index (χ1v) is 10.2. The molecule has 1 fully saturated rings. The number of esters is 1. The number of carbonyl (C=O) groups is 2. The molecule has 3 aliphatic rings. The average Bonchev–Trinajstić information content (AvgIpc) is 3.06. The van der Waals surface area contributed by atoms with E-state index in [1.54, 1.807) is 18.2 Å². The summed E-state index contributed by atoms with van der Waals surface area (Å²) in [5, 5.41) is 31.3. The van der Waals surface area contributed by atoms with Crippen LogP contribution in [0.3, 0.4) is 0 Å². The Balaban J connectivity index is 1.81. The molecule has 0 aromatic heterocycles. The van der Waals surface area contributed by atoms with Crippen LogP contribution in [0.4, 0.5) is 0 Å². The van der Waals surface area contributed by atoms with Crippen molar-refractivity contribution < 1.29 is 34.4 Å². The summed E-state index contributed by atoms with van der Waals surface area (Å²) >= 11 is 0. The first kappa shape index (κ1) is 20.7. The van der Waals surface area contributed by atoms with E-state index in [1.165, 1.54) is 0 Å². The zero-order valence-electron chi connectivity index (χ0n) is 17.3. The summed E-state index contributed by atoms with van der Waals surface area (Å²) in [5.41, 5.74) is -0.458. The van der Waals surface area contributed by atoms with Crippen molar-refractivity contribution in [2.75, 3.05) is 13.6 Å². The lowest BCUT2D eigenvalue weighted by molar-refractivity contribution is -0.162. The largest absolute Gasteiger partial charge is 0.504 e. The fraction of sp³-hybridized carbons (Fsp3) is 0.545. The standard InChI is InChI=1S/C22H27NO7/c1-12-4-5-14(24)19-18(12)21-10-11-23(3)13(2)22(21,28)9-8-15(20(21)30-19)29-17(27)7-6-16(25)26/h4-5,8,13,20,24,28H,6-7,9-11H2,1-3H3,(H,25,26)/t13-,20+,21+,22-/m1/s1. The van der Waals surface area contributed by atoms with Gasteiger partial charge in [-0.15, -0.1) is 0 Å². The van der Waals surface area contributed by atoms with Gasteiger partial charge in [-0.2, -0.15) is 0 Å². The van der Waals surface area contributed by atoms with Gasteiger partial charge in [0.25, 0.3) is 0 Å². The van der Waals surface area contributed by atoms with Crippen molar-refractivity contribution in [2.45, 2.75) is 62.7 Å². The predicted molar refractivity (Wildman–Crippen MR) is 106 cm³/mol. The van der Waals surface area contributed by atoms with Gasteiger partial charge in [0.05, 0.1) is 23.9 Å². The van der Waals surface area contributed by atoms with E-state index in [-0.39, 0.29) is 36.8 Å². The number of aliphatic hydroxyl groups is 1. The molecule has 4 rings (SSSR count). The van der Waals surface area contributed by atoms with Crippen LogP contribution in [-0.4, -0.2) is 63.5 Å². The number of ether oxygens (including phenoxy) is 2. The normalized spacial score (nSPS) is 32.3. The Bertz CT molecular complexity index is 942. The molecule has 0 amide bonds. The molecule has 162 valence electrons. The smallest absolute Gasteiger partial charge is 0.311 e. The Morgan fingerprint density at radius 2 is 2.07 bits per heavy atom. The number of carboxylic acid groups (broad SMARTS) is 1. The molecule has 0 bridgehead atoms. The van der Waals surface area contributed by atoms with Gasteiger partial charge in [0, 0.05) is 18.0 Å².